The molecule has 4 aromatic carbocycles. The van der Waals surface area contributed by atoms with Crippen LogP contribution in [0, 0.1) is 35.0 Å². The number of sulfonamides is 1. The van der Waals surface area contributed by atoms with E-state index in [1.54, 1.807) is 0 Å². The first-order valence-corrected chi connectivity index (χ1v) is 18.7. The van der Waals surface area contributed by atoms with Crippen LogP contribution in [0.5, 0.6) is 5.75 Å². The second-order valence-electron chi connectivity index (χ2n) is 14.7. The molecule has 1 saturated carbocycles. The molecule has 1 amide bonds. The lowest BCUT2D eigenvalue weighted by atomic mass is 9.84. The number of halogens is 6. The van der Waals surface area contributed by atoms with Crippen LogP contribution >= 0.6 is 11.6 Å². The van der Waals surface area contributed by atoms with E-state index in [1.807, 2.05) is 32.9 Å². The van der Waals surface area contributed by atoms with Gasteiger partial charge in [0, 0.05) is 23.3 Å². The van der Waals surface area contributed by atoms with E-state index in [2.05, 4.69) is 6.07 Å². The predicted octanol–water partition coefficient (Wildman–Crippen LogP) is 9.06. The lowest BCUT2D eigenvalue weighted by Crippen LogP contribution is -2.53. The van der Waals surface area contributed by atoms with Crippen molar-refractivity contribution in [1.82, 2.24) is 4.31 Å². The first-order chi connectivity index (χ1) is 25.1. The summed E-state index contributed by atoms with van der Waals surface area (Å²) in [5, 5.41) is 20.5. The van der Waals surface area contributed by atoms with Gasteiger partial charge in [-0.3, -0.25) is 4.79 Å². The summed E-state index contributed by atoms with van der Waals surface area (Å²) in [5.41, 5.74) is 1.77. The van der Waals surface area contributed by atoms with Crippen molar-refractivity contribution in [2.75, 3.05) is 4.90 Å². The molecule has 0 radical (unpaired) electrons. The van der Waals surface area contributed by atoms with E-state index in [4.69, 9.17) is 11.6 Å². The molecule has 0 heterocycles. The molecule has 1 aliphatic rings. The number of rotatable bonds is 12. The number of carbonyl (C=O) groups is 2. The fourth-order valence-corrected chi connectivity index (χ4v) is 8.12. The Labute approximate surface area is 314 Å². The minimum atomic E-state index is -5.74. The Balaban J connectivity index is 1.74. The summed E-state index contributed by atoms with van der Waals surface area (Å²) in [4.78, 5) is 25.8. The van der Waals surface area contributed by atoms with Gasteiger partial charge in [-0.15, -0.1) is 0 Å². The second-order valence-corrected chi connectivity index (χ2v) is 16.9. The van der Waals surface area contributed by atoms with E-state index < -0.39 is 85.7 Å². The van der Waals surface area contributed by atoms with Gasteiger partial charge in [-0.1, -0.05) is 76.6 Å². The molecule has 4 aromatic rings. The van der Waals surface area contributed by atoms with Gasteiger partial charge in [0.15, 0.2) is 28.2 Å². The average molecular weight is 793 g/mol. The highest BCUT2D eigenvalue weighted by Gasteiger charge is 2.45. The second kappa shape index (κ2) is 15.3. The number of aromatic carboxylic acids is 1. The summed E-state index contributed by atoms with van der Waals surface area (Å²) in [7, 11) is -5.74. The Morgan fingerprint density at radius 3 is 1.91 bits per heavy atom. The lowest BCUT2D eigenvalue weighted by Gasteiger charge is -2.37. The predicted molar refractivity (Wildman–Crippen MR) is 192 cm³/mol. The van der Waals surface area contributed by atoms with Crippen LogP contribution in [0.1, 0.15) is 86.0 Å². The number of hydrogen-bond acceptors (Lipinski definition) is 5. The monoisotopic (exact) mass is 792 g/mol. The lowest BCUT2D eigenvalue weighted by molar-refractivity contribution is -0.123. The zero-order valence-electron chi connectivity index (χ0n) is 29.9. The van der Waals surface area contributed by atoms with Crippen molar-refractivity contribution in [3.8, 4) is 5.75 Å². The Bertz CT molecular complexity index is 2200. The minimum absolute atomic E-state index is 0.0673. The molecule has 1 aliphatic carbocycles. The zero-order chi connectivity index (χ0) is 40.0. The number of benzene rings is 4. The molecule has 0 saturated heterocycles. The normalized spacial score (nSPS) is 14.1. The molecule has 0 unspecified atom stereocenters. The minimum Gasteiger partial charge on any atom is -0.507 e. The van der Waals surface area contributed by atoms with Crippen LogP contribution < -0.4 is 4.90 Å². The molecular weight excluding hydrogens is 755 g/mol. The number of nitrogens with zero attached hydrogens (tertiary/aromatic N) is 2. The summed E-state index contributed by atoms with van der Waals surface area (Å²) in [6.07, 6.45) is 1.90. The number of carboxylic acid groups (broad SMARTS) is 1. The zero-order valence-corrected chi connectivity index (χ0v) is 31.5. The molecule has 0 bridgehead atoms. The average Bonchev–Trinajstić information content (AvgIpc) is 3.94. The Kier molecular flexibility index (Phi) is 11.5. The van der Waals surface area contributed by atoms with Gasteiger partial charge < -0.3 is 15.1 Å². The third kappa shape index (κ3) is 8.25. The van der Waals surface area contributed by atoms with Gasteiger partial charge in [0.1, 0.15) is 17.4 Å². The smallest absolute Gasteiger partial charge is 0.339 e. The number of aromatic hydroxyl groups is 1. The highest BCUT2D eigenvalue weighted by atomic mass is 35.5. The largest absolute Gasteiger partial charge is 0.507 e. The maximum absolute atomic E-state index is 15.3. The number of hydrogen-bond donors (Lipinski definition) is 2. The van der Waals surface area contributed by atoms with Crippen molar-refractivity contribution in [2.45, 2.75) is 82.8 Å². The van der Waals surface area contributed by atoms with E-state index >= 15 is 13.6 Å². The molecule has 15 heteroatoms. The first kappa shape index (κ1) is 40.7. The fourth-order valence-electron chi connectivity index (χ4n) is 6.17. The van der Waals surface area contributed by atoms with E-state index in [0.717, 1.165) is 41.0 Å². The number of amides is 1. The number of anilines is 1. The van der Waals surface area contributed by atoms with Crippen LogP contribution in [0.3, 0.4) is 0 Å². The third-order valence-corrected chi connectivity index (χ3v) is 11.3. The molecule has 54 heavy (non-hydrogen) atoms. The third-order valence-electron chi connectivity index (χ3n) is 9.24. The van der Waals surface area contributed by atoms with E-state index in [-0.39, 0.29) is 34.2 Å². The standard InChI is InChI=1S/C39H38ClF5N2O6S/c1-20(2)35(47(19-21-6-10-26(40)11-7-21)54(52,53)36-33(44)31(42)30(41)32(43)34(36)45)37(49)46(27-12-13-28(38(50)51)29(48)17-27)18-22-14-24(23-8-9-23)16-25(15-22)39(3,4)5/h6-7,10-17,20,23,35,48H,8-9,18-19H2,1-5H3,(H,50,51)/t35-/m0/s1. The van der Waals surface area contributed by atoms with Gasteiger partial charge in [-0.05, 0) is 76.6 Å². The quantitative estimate of drug-likeness (QED) is 0.0841. The highest BCUT2D eigenvalue weighted by molar-refractivity contribution is 7.89. The van der Waals surface area contributed by atoms with E-state index in [0.29, 0.717) is 9.87 Å². The van der Waals surface area contributed by atoms with Crippen LogP contribution in [0.2, 0.25) is 5.02 Å². The Morgan fingerprint density at radius 1 is 0.833 bits per heavy atom. The number of phenols is 1. The Hall–Kier alpha value is -4.53. The Morgan fingerprint density at radius 2 is 1.41 bits per heavy atom. The van der Waals surface area contributed by atoms with Crippen LogP contribution in [0.15, 0.2) is 65.6 Å². The molecule has 1 atom stereocenters. The molecule has 0 aliphatic heterocycles. The maximum Gasteiger partial charge on any atom is 0.339 e. The van der Waals surface area contributed by atoms with E-state index in [1.165, 1.54) is 44.2 Å². The molecule has 5 rings (SSSR count). The number of carboxylic acids is 1. The van der Waals surface area contributed by atoms with Gasteiger partial charge in [0.05, 0.1) is 6.54 Å². The summed E-state index contributed by atoms with van der Waals surface area (Å²) in [5.74, 6) is -16.7. The molecule has 8 nitrogen and oxygen atoms in total. The summed E-state index contributed by atoms with van der Waals surface area (Å²) in [6, 6.07) is 12.7. The van der Waals surface area contributed by atoms with Gasteiger partial charge in [0.2, 0.25) is 21.7 Å². The van der Waals surface area contributed by atoms with Gasteiger partial charge >= 0.3 is 5.97 Å². The van der Waals surface area contributed by atoms with E-state index in [9.17, 15) is 36.6 Å². The van der Waals surface area contributed by atoms with Crippen LogP contribution in [0.4, 0.5) is 27.6 Å². The maximum atomic E-state index is 15.3. The summed E-state index contributed by atoms with van der Waals surface area (Å²) < 4.78 is 103. The molecule has 288 valence electrons. The molecular formula is C39H38ClF5N2O6S. The summed E-state index contributed by atoms with van der Waals surface area (Å²) >= 11 is 6.02. The highest BCUT2D eigenvalue weighted by Crippen LogP contribution is 2.42. The number of carbonyl (C=O) groups excluding carboxylic acids is 1. The van der Waals surface area contributed by atoms with Crippen molar-refractivity contribution in [3.05, 3.63) is 123 Å². The first-order valence-electron chi connectivity index (χ1n) is 16.9. The molecule has 2 N–H and O–H groups in total. The van der Waals surface area contributed by atoms with Crippen molar-refractivity contribution in [1.29, 1.82) is 0 Å². The molecule has 0 spiro atoms. The van der Waals surface area contributed by atoms with Crippen molar-refractivity contribution < 1.29 is 50.2 Å². The fraction of sp³-hybridized carbons (Fsp3) is 0.333. The van der Waals surface area contributed by atoms with Gasteiger partial charge in [0.25, 0.3) is 0 Å². The van der Waals surface area contributed by atoms with Crippen molar-refractivity contribution in [3.63, 3.8) is 0 Å². The summed E-state index contributed by atoms with van der Waals surface area (Å²) in [6.45, 7) is 7.83. The van der Waals surface area contributed by atoms with Gasteiger partial charge in [-0.25, -0.2) is 35.2 Å². The molecule has 1 fully saturated rings. The topological polar surface area (TPSA) is 115 Å². The van der Waals surface area contributed by atoms with Crippen LogP contribution in [-0.4, -0.2) is 40.9 Å². The van der Waals surface area contributed by atoms with Crippen LogP contribution in [0.25, 0.3) is 0 Å². The van der Waals surface area contributed by atoms with Crippen molar-refractivity contribution >= 4 is 39.2 Å². The SMILES string of the molecule is CC(C)[C@@H](C(=O)N(Cc1cc(C2CC2)cc(C(C)(C)C)c1)c1ccc(C(=O)O)c(O)c1)N(Cc1ccc(Cl)cc1)S(=O)(=O)c1c(F)c(F)c(F)c(F)c1F. The molecule has 0 aromatic heterocycles. The van der Waals surface area contributed by atoms with Crippen LogP contribution in [-0.2, 0) is 33.3 Å². The van der Waals surface area contributed by atoms with Gasteiger partial charge in [-0.2, -0.15) is 4.31 Å². The van der Waals surface area contributed by atoms with Crippen molar-refractivity contribution in [2.24, 2.45) is 5.92 Å².